The fourth-order valence-electron chi connectivity index (χ4n) is 5.23. The lowest BCUT2D eigenvalue weighted by Crippen LogP contribution is -2.60. The third kappa shape index (κ3) is 19.6. The fourth-order valence-corrected chi connectivity index (χ4v) is 5.23. The van der Waals surface area contributed by atoms with Gasteiger partial charge < -0.3 is 40.3 Å². The number of allylic oxidation sites excluding steroid dienone is 5. The molecule has 9 nitrogen and oxygen atoms in total. The highest BCUT2D eigenvalue weighted by Crippen LogP contribution is 2.22. The predicted molar refractivity (Wildman–Crippen MR) is 180 cm³/mol. The molecule has 6 N–H and O–H groups in total. The molecule has 0 bridgehead atoms. The SMILES string of the molecule is CCCC/C=C/C(O)C(COC1OC(CO)C(O)C(O)C1O)NC(=O)CCCCCCCCC/C=C\C/C=C\CCCCCC. The van der Waals surface area contributed by atoms with Crippen molar-refractivity contribution in [3.8, 4) is 0 Å². The Labute approximate surface area is 272 Å². The summed E-state index contributed by atoms with van der Waals surface area (Å²) < 4.78 is 11.0. The highest BCUT2D eigenvalue weighted by Gasteiger charge is 2.44. The van der Waals surface area contributed by atoms with Gasteiger partial charge in [-0.05, 0) is 44.9 Å². The van der Waals surface area contributed by atoms with E-state index in [9.17, 15) is 30.3 Å². The summed E-state index contributed by atoms with van der Waals surface area (Å²) in [7, 11) is 0. The maximum Gasteiger partial charge on any atom is 0.220 e. The van der Waals surface area contributed by atoms with Gasteiger partial charge in [0.25, 0.3) is 0 Å². The van der Waals surface area contributed by atoms with Gasteiger partial charge in [-0.2, -0.15) is 0 Å². The maximum atomic E-state index is 12.7. The first-order valence-electron chi connectivity index (χ1n) is 17.7. The van der Waals surface area contributed by atoms with Crippen molar-refractivity contribution in [1.29, 1.82) is 0 Å². The number of carbonyl (C=O) groups excluding carboxylic acids is 1. The normalized spacial score (nSPS) is 23.8. The van der Waals surface area contributed by atoms with Crippen molar-refractivity contribution in [3.05, 3.63) is 36.5 Å². The number of ether oxygens (including phenoxy) is 2. The van der Waals surface area contributed by atoms with E-state index in [1.54, 1.807) is 6.08 Å². The van der Waals surface area contributed by atoms with E-state index in [4.69, 9.17) is 9.47 Å². The Morgan fingerprint density at radius 3 is 1.96 bits per heavy atom. The molecule has 1 saturated heterocycles. The van der Waals surface area contributed by atoms with Crippen molar-refractivity contribution >= 4 is 5.91 Å². The van der Waals surface area contributed by atoms with Crippen LogP contribution in [0, 0.1) is 0 Å². The number of carbonyl (C=O) groups is 1. The number of rotatable bonds is 27. The Hall–Kier alpha value is -1.59. The molecule has 0 aliphatic carbocycles. The van der Waals surface area contributed by atoms with Crippen LogP contribution in [0.1, 0.15) is 129 Å². The number of nitrogens with one attached hydrogen (secondary N) is 1. The molecule has 1 rings (SSSR count). The average molecular weight is 640 g/mol. The van der Waals surface area contributed by atoms with Crippen LogP contribution in [0.15, 0.2) is 36.5 Å². The van der Waals surface area contributed by atoms with Gasteiger partial charge in [0.1, 0.15) is 24.4 Å². The van der Waals surface area contributed by atoms with E-state index in [0.29, 0.717) is 6.42 Å². The zero-order chi connectivity index (χ0) is 33.1. The van der Waals surface area contributed by atoms with Gasteiger partial charge in [0.15, 0.2) is 6.29 Å². The van der Waals surface area contributed by atoms with Crippen LogP contribution in [0.2, 0.25) is 0 Å². The molecule has 0 aromatic carbocycles. The van der Waals surface area contributed by atoms with Gasteiger partial charge in [-0.25, -0.2) is 0 Å². The Bertz CT molecular complexity index is 802. The lowest BCUT2D eigenvalue weighted by atomic mass is 9.99. The molecule has 1 aliphatic heterocycles. The molecule has 1 aliphatic rings. The van der Waals surface area contributed by atoms with Crippen LogP contribution in [0.25, 0.3) is 0 Å². The van der Waals surface area contributed by atoms with E-state index in [0.717, 1.165) is 57.8 Å². The molecule has 9 heteroatoms. The monoisotopic (exact) mass is 639 g/mol. The lowest BCUT2D eigenvalue weighted by Gasteiger charge is -2.40. The number of unbranched alkanes of at least 4 members (excludes halogenated alkanes) is 13. The van der Waals surface area contributed by atoms with E-state index >= 15 is 0 Å². The second-order valence-electron chi connectivity index (χ2n) is 12.3. The van der Waals surface area contributed by atoms with Crippen molar-refractivity contribution in [1.82, 2.24) is 5.32 Å². The summed E-state index contributed by atoms with van der Waals surface area (Å²) in [6.07, 6.45) is 23.9. The van der Waals surface area contributed by atoms with Gasteiger partial charge in [-0.15, -0.1) is 0 Å². The zero-order valence-electron chi connectivity index (χ0n) is 28.1. The van der Waals surface area contributed by atoms with Crippen molar-refractivity contribution < 1.29 is 39.8 Å². The minimum atomic E-state index is -1.56. The number of hydrogen-bond donors (Lipinski definition) is 6. The number of aliphatic hydroxyl groups is 5. The number of hydrogen-bond acceptors (Lipinski definition) is 8. The Morgan fingerprint density at radius 1 is 0.756 bits per heavy atom. The largest absolute Gasteiger partial charge is 0.394 e. The van der Waals surface area contributed by atoms with E-state index in [2.05, 4.69) is 43.5 Å². The molecule has 0 aromatic heterocycles. The third-order valence-electron chi connectivity index (χ3n) is 8.21. The fraction of sp³-hybridized carbons (Fsp3) is 0.806. The van der Waals surface area contributed by atoms with E-state index in [-0.39, 0.29) is 12.5 Å². The molecule has 0 radical (unpaired) electrons. The van der Waals surface area contributed by atoms with Crippen molar-refractivity contribution in [3.63, 3.8) is 0 Å². The second-order valence-corrected chi connectivity index (χ2v) is 12.3. The van der Waals surface area contributed by atoms with Gasteiger partial charge in [-0.3, -0.25) is 4.79 Å². The summed E-state index contributed by atoms with van der Waals surface area (Å²) in [6.45, 7) is 3.56. The van der Waals surface area contributed by atoms with Crippen LogP contribution in [-0.4, -0.2) is 87.5 Å². The highest BCUT2D eigenvalue weighted by atomic mass is 16.7. The molecule has 7 atom stereocenters. The number of aliphatic hydroxyl groups excluding tert-OH is 5. The smallest absolute Gasteiger partial charge is 0.220 e. The molecule has 1 fully saturated rings. The van der Waals surface area contributed by atoms with E-state index in [1.807, 2.05) is 6.08 Å². The minimum absolute atomic E-state index is 0.196. The summed E-state index contributed by atoms with van der Waals surface area (Å²) >= 11 is 0. The summed E-state index contributed by atoms with van der Waals surface area (Å²) in [4.78, 5) is 12.7. The van der Waals surface area contributed by atoms with Crippen LogP contribution in [0.3, 0.4) is 0 Å². The topological polar surface area (TPSA) is 149 Å². The van der Waals surface area contributed by atoms with E-state index in [1.165, 1.54) is 51.4 Å². The Kier molecular flexibility index (Phi) is 25.3. The summed E-state index contributed by atoms with van der Waals surface area (Å²) in [5, 5.41) is 53.3. The average Bonchev–Trinajstić information content (AvgIpc) is 3.04. The summed E-state index contributed by atoms with van der Waals surface area (Å²) in [6, 6.07) is -0.802. The van der Waals surface area contributed by atoms with Gasteiger partial charge >= 0.3 is 0 Å². The van der Waals surface area contributed by atoms with Gasteiger partial charge in [-0.1, -0.05) is 115 Å². The van der Waals surface area contributed by atoms with Crippen molar-refractivity contribution in [2.75, 3.05) is 13.2 Å². The van der Waals surface area contributed by atoms with Gasteiger partial charge in [0.2, 0.25) is 5.91 Å². The maximum absolute atomic E-state index is 12.7. The molecule has 7 unspecified atom stereocenters. The molecule has 262 valence electrons. The van der Waals surface area contributed by atoms with E-state index < -0.39 is 49.5 Å². The first-order valence-corrected chi connectivity index (χ1v) is 17.7. The van der Waals surface area contributed by atoms with Crippen LogP contribution >= 0.6 is 0 Å². The summed E-state index contributed by atoms with van der Waals surface area (Å²) in [5.74, 6) is -0.198. The molecular weight excluding hydrogens is 574 g/mol. The van der Waals surface area contributed by atoms with Crippen molar-refractivity contribution in [2.45, 2.75) is 172 Å². The summed E-state index contributed by atoms with van der Waals surface area (Å²) in [5.41, 5.74) is 0. The zero-order valence-corrected chi connectivity index (χ0v) is 28.1. The highest BCUT2D eigenvalue weighted by molar-refractivity contribution is 5.76. The lowest BCUT2D eigenvalue weighted by molar-refractivity contribution is -0.302. The molecule has 1 heterocycles. The van der Waals surface area contributed by atoms with Gasteiger partial charge in [0.05, 0.1) is 25.4 Å². The van der Waals surface area contributed by atoms with Crippen molar-refractivity contribution in [2.24, 2.45) is 0 Å². The quantitative estimate of drug-likeness (QED) is 0.0519. The van der Waals surface area contributed by atoms with Crippen LogP contribution < -0.4 is 5.32 Å². The Morgan fingerprint density at radius 2 is 1.33 bits per heavy atom. The molecule has 0 aromatic rings. The van der Waals surface area contributed by atoms with Crippen LogP contribution in [0.4, 0.5) is 0 Å². The minimum Gasteiger partial charge on any atom is -0.394 e. The molecule has 0 spiro atoms. The second kappa shape index (κ2) is 27.5. The first-order chi connectivity index (χ1) is 21.8. The van der Waals surface area contributed by atoms with Crippen LogP contribution in [-0.2, 0) is 14.3 Å². The Balaban J connectivity index is 2.30. The molecule has 0 saturated carbocycles. The molecule has 1 amide bonds. The predicted octanol–water partition coefficient (Wildman–Crippen LogP) is 5.38. The molecule has 45 heavy (non-hydrogen) atoms. The van der Waals surface area contributed by atoms with Crippen LogP contribution in [0.5, 0.6) is 0 Å². The number of amides is 1. The third-order valence-corrected chi connectivity index (χ3v) is 8.21. The molecular formula is C36H65NO8. The van der Waals surface area contributed by atoms with Gasteiger partial charge in [0, 0.05) is 6.42 Å². The first kappa shape index (κ1) is 41.4. The standard InChI is InChI=1S/C36H65NO8/c1-3-5-7-9-10-11-12-13-14-15-16-17-18-19-20-21-22-24-26-32(40)37-29(30(39)25-23-8-6-4-2)28-44-36-35(43)34(42)33(41)31(27-38)45-36/h11-12,14-15,23,25,29-31,33-36,38-39,41-43H,3-10,13,16-22,24,26-28H2,1-2H3,(H,37,40)/b12-11-,15-14-,25-23+.